The zero-order valence-corrected chi connectivity index (χ0v) is 13.8. The number of halogens is 3. The van der Waals surface area contributed by atoms with E-state index < -0.39 is 15.8 Å². The lowest BCUT2D eigenvalue weighted by atomic mass is 10.2. The second-order valence-corrected chi connectivity index (χ2v) is 7.26. The van der Waals surface area contributed by atoms with Crippen LogP contribution < -0.4 is 10.5 Å². The first-order chi connectivity index (χ1) is 9.79. The van der Waals surface area contributed by atoms with E-state index in [9.17, 15) is 12.8 Å². The predicted molar refractivity (Wildman–Crippen MR) is 84.0 cm³/mol. The number of nitrogens with two attached hydrogens (primary N) is 1. The molecule has 21 heavy (non-hydrogen) atoms. The highest BCUT2D eigenvalue weighted by Gasteiger charge is 2.17. The number of rotatable bonds is 4. The van der Waals surface area contributed by atoms with Crippen molar-refractivity contribution in [2.24, 2.45) is 0 Å². The van der Waals surface area contributed by atoms with E-state index >= 15 is 0 Å². The molecule has 0 aliphatic heterocycles. The summed E-state index contributed by atoms with van der Waals surface area (Å²) in [6.45, 7) is -0.000843. The molecule has 0 aliphatic rings. The lowest BCUT2D eigenvalue weighted by Gasteiger charge is -2.09. The Morgan fingerprint density at radius 3 is 2.57 bits per heavy atom. The molecule has 112 valence electrons. The van der Waals surface area contributed by atoms with Gasteiger partial charge in [0.05, 0.1) is 9.92 Å². The Hall–Kier alpha value is -1.15. The van der Waals surface area contributed by atoms with Gasteiger partial charge in [-0.25, -0.2) is 17.5 Å². The zero-order chi connectivity index (χ0) is 15.6. The minimum Gasteiger partial charge on any atom is -0.399 e. The van der Waals surface area contributed by atoms with Gasteiger partial charge in [-0.1, -0.05) is 17.7 Å². The molecule has 0 amide bonds. The number of hydrogen-bond donors (Lipinski definition) is 2. The Morgan fingerprint density at radius 1 is 1.24 bits per heavy atom. The normalized spacial score (nSPS) is 11.6. The van der Waals surface area contributed by atoms with Crippen molar-refractivity contribution in [2.45, 2.75) is 11.4 Å². The van der Waals surface area contributed by atoms with Crippen LogP contribution in [-0.2, 0) is 16.6 Å². The standard InChI is InChI=1S/C13H11BrClFN2O2S/c14-10-6-9(17)2-4-13(10)21(19,20)18-7-8-1-3-12(16)11(15)5-8/h1-6,18H,7,17H2. The number of hydrogen-bond acceptors (Lipinski definition) is 3. The molecule has 4 nitrogen and oxygen atoms in total. The predicted octanol–water partition coefficient (Wildman–Crippen LogP) is 3.30. The molecule has 0 bridgehead atoms. The van der Waals surface area contributed by atoms with Crippen LogP contribution in [0.4, 0.5) is 10.1 Å². The molecule has 0 radical (unpaired) electrons. The van der Waals surface area contributed by atoms with Gasteiger partial charge < -0.3 is 5.73 Å². The maximum atomic E-state index is 13.0. The molecule has 0 atom stereocenters. The van der Waals surface area contributed by atoms with E-state index in [1.807, 2.05) is 0 Å². The Labute approximate surface area is 135 Å². The molecule has 0 saturated carbocycles. The topological polar surface area (TPSA) is 72.2 Å². The van der Waals surface area contributed by atoms with Crippen molar-refractivity contribution in [3.63, 3.8) is 0 Å². The van der Waals surface area contributed by atoms with Gasteiger partial charge in [-0.2, -0.15) is 0 Å². The fraction of sp³-hybridized carbons (Fsp3) is 0.0769. The van der Waals surface area contributed by atoms with Crippen molar-refractivity contribution in [2.75, 3.05) is 5.73 Å². The Kier molecular flexibility index (Phi) is 4.88. The SMILES string of the molecule is Nc1ccc(S(=O)(=O)NCc2ccc(F)c(Cl)c2)c(Br)c1. The van der Waals surface area contributed by atoms with E-state index in [1.54, 1.807) is 0 Å². The summed E-state index contributed by atoms with van der Waals surface area (Å²) in [6, 6.07) is 8.42. The highest BCUT2D eigenvalue weighted by atomic mass is 79.9. The van der Waals surface area contributed by atoms with Crippen LogP contribution in [0.2, 0.25) is 5.02 Å². The van der Waals surface area contributed by atoms with Crippen molar-refractivity contribution >= 4 is 43.2 Å². The van der Waals surface area contributed by atoms with Crippen molar-refractivity contribution in [3.8, 4) is 0 Å². The number of nitrogens with one attached hydrogen (secondary N) is 1. The summed E-state index contributed by atoms with van der Waals surface area (Å²) in [6.07, 6.45) is 0. The van der Waals surface area contributed by atoms with E-state index in [0.29, 0.717) is 15.7 Å². The van der Waals surface area contributed by atoms with E-state index in [0.717, 1.165) is 0 Å². The number of sulfonamides is 1. The molecule has 3 N–H and O–H groups in total. The van der Waals surface area contributed by atoms with Gasteiger partial charge in [0, 0.05) is 16.7 Å². The minimum atomic E-state index is -3.72. The molecule has 2 aromatic carbocycles. The molecule has 2 rings (SSSR count). The average molecular weight is 394 g/mol. The maximum absolute atomic E-state index is 13.0. The Balaban J connectivity index is 2.19. The van der Waals surface area contributed by atoms with Crippen LogP contribution in [-0.4, -0.2) is 8.42 Å². The van der Waals surface area contributed by atoms with Crippen molar-refractivity contribution in [1.29, 1.82) is 0 Å². The van der Waals surface area contributed by atoms with Crippen LogP contribution in [0.5, 0.6) is 0 Å². The maximum Gasteiger partial charge on any atom is 0.241 e. The van der Waals surface area contributed by atoms with Gasteiger partial charge in [-0.3, -0.25) is 0 Å². The molecule has 0 aromatic heterocycles. The van der Waals surface area contributed by atoms with Gasteiger partial charge >= 0.3 is 0 Å². The van der Waals surface area contributed by atoms with Gasteiger partial charge in [0.15, 0.2) is 0 Å². The summed E-state index contributed by atoms with van der Waals surface area (Å²) in [5, 5.41) is -0.0552. The average Bonchev–Trinajstić information content (AvgIpc) is 2.40. The molecule has 0 heterocycles. The third kappa shape index (κ3) is 3.94. The summed E-state index contributed by atoms with van der Waals surface area (Å²) in [7, 11) is -3.72. The van der Waals surface area contributed by atoms with E-state index in [2.05, 4.69) is 20.7 Å². The van der Waals surface area contributed by atoms with E-state index in [4.69, 9.17) is 17.3 Å². The summed E-state index contributed by atoms with van der Waals surface area (Å²) >= 11 is 8.81. The highest BCUT2D eigenvalue weighted by Crippen LogP contribution is 2.24. The smallest absolute Gasteiger partial charge is 0.241 e. The van der Waals surface area contributed by atoms with Gasteiger partial charge in [0.25, 0.3) is 0 Å². The van der Waals surface area contributed by atoms with E-state index in [-0.39, 0.29) is 16.5 Å². The molecule has 8 heteroatoms. The fourth-order valence-electron chi connectivity index (χ4n) is 1.64. The van der Waals surface area contributed by atoms with Gasteiger partial charge in [-0.15, -0.1) is 0 Å². The number of nitrogen functional groups attached to an aromatic ring is 1. The lowest BCUT2D eigenvalue weighted by molar-refractivity contribution is 0.580. The van der Waals surface area contributed by atoms with E-state index in [1.165, 1.54) is 36.4 Å². The van der Waals surface area contributed by atoms with Crippen LogP contribution in [0.15, 0.2) is 45.8 Å². The first kappa shape index (κ1) is 16.2. The van der Waals surface area contributed by atoms with Crippen molar-refractivity contribution in [3.05, 3.63) is 57.3 Å². The molecule has 0 spiro atoms. The summed E-state index contributed by atoms with van der Waals surface area (Å²) in [5.41, 5.74) is 6.57. The third-order valence-corrected chi connectivity index (χ3v) is 5.36. The molecule has 0 fully saturated rings. The number of benzene rings is 2. The van der Waals surface area contributed by atoms with Crippen LogP contribution in [0, 0.1) is 5.82 Å². The molecular formula is C13H11BrClFN2O2S. The summed E-state index contributed by atoms with van der Waals surface area (Å²) in [5.74, 6) is -0.551. The second kappa shape index (κ2) is 6.31. The molecule has 0 unspecified atom stereocenters. The first-order valence-corrected chi connectivity index (χ1v) is 8.43. The quantitative estimate of drug-likeness (QED) is 0.783. The Bertz CT molecular complexity index is 784. The second-order valence-electron chi connectivity index (χ2n) is 4.26. The molecular weight excluding hydrogens is 383 g/mol. The third-order valence-electron chi connectivity index (χ3n) is 2.70. The number of anilines is 1. The van der Waals surface area contributed by atoms with Gasteiger partial charge in [0.2, 0.25) is 10.0 Å². The molecule has 0 saturated heterocycles. The minimum absolute atomic E-state index is 0.000843. The first-order valence-electron chi connectivity index (χ1n) is 5.78. The van der Waals surface area contributed by atoms with Crippen LogP contribution >= 0.6 is 27.5 Å². The Morgan fingerprint density at radius 2 is 1.95 bits per heavy atom. The zero-order valence-electron chi connectivity index (χ0n) is 10.6. The fourth-order valence-corrected chi connectivity index (χ4v) is 3.95. The largest absolute Gasteiger partial charge is 0.399 e. The monoisotopic (exact) mass is 392 g/mol. The van der Waals surface area contributed by atoms with Crippen molar-refractivity contribution < 1.29 is 12.8 Å². The van der Waals surface area contributed by atoms with Crippen LogP contribution in [0.1, 0.15) is 5.56 Å². The van der Waals surface area contributed by atoms with Crippen LogP contribution in [0.25, 0.3) is 0 Å². The van der Waals surface area contributed by atoms with Crippen molar-refractivity contribution in [1.82, 2.24) is 4.72 Å². The molecule has 0 aliphatic carbocycles. The summed E-state index contributed by atoms with van der Waals surface area (Å²) < 4.78 is 40.2. The van der Waals surface area contributed by atoms with Crippen LogP contribution in [0.3, 0.4) is 0 Å². The summed E-state index contributed by atoms with van der Waals surface area (Å²) in [4.78, 5) is 0.0740. The van der Waals surface area contributed by atoms with Gasteiger partial charge in [-0.05, 0) is 51.8 Å². The van der Waals surface area contributed by atoms with Gasteiger partial charge in [0.1, 0.15) is 5.82 Å². The lowest BCUT2D eigenvalue weighted by Crippen LogP contribution is -2.23. The highest BCUT2D eigenvalue weighted by molar-refractivity contribution is 9.10. The molecule has 2 aromatic rings.